The van der Waals surface area contributed by atoms with Gasteiger partial charge in [0.25, 0.3) is 0 Å². The third kappa shape index (κ3) is 7.19. The highest BCUT2D eigenvalue weighted by Gasteiger charge is 2.18. The molecule has 6 heteroatoms. The van der Waals surface area contributed by atoms with E-state index < -0.39 is 0 Å². The van der Waals surface area contributed by atoms with Crippen molar-refractivity contribution < 1.29 is 0 Å². The van der Waals surface area contributed by atoms with Crippen molar-refractivity contribution in [3.8, 4) is 0 Å². The number of hydrogen-bond acceptors (Lipinski definition) is 6. The average molecular weight is 456 g/mol. The summed E-state index contributed by atoms with van der Waals surface area (Å²) in [7, 11) is 2.17. The first-order chi connectivity index (χ1) is 15.5. The molecule has 2 aromatic rings. The van der Waals surface area contributed by atoms with Gasteiger partial charge >= 0.3 is 0 Å². The molecule has 0 atom stereocenters. The Morgan fingerprint density at radius 3 is 2.41 bits per heavy atom. The fourth-order valence-electron chi connectivity index (χ4n) is 4.51. The van der Waals surface area contributed by atoms with Crippen LogP contribution in [-0.2, 0) is 6.42 Å². The molecule has 176 valence electrons. The first-order valence-corrected chi connectivity index (χ1v) is 12.9. The van der Waals surface area contributed by atoms with E-state index in [2.05, 4.69) is 60.7 Å². The number of thiocarbonyl (C=S) groups is 1. The van der Waals surface area contributed by atoms with Gasteiger partial charge in [-0.3, -0.25) is 0 Å². The lowest BCUT2D eigenvalue weighted by Gasteiger charge is -2.32. The highest BCUT2D eigenvalue weighted by molar-refractivity contribution is 7.80. The fraction of sp³-hybridized carbons (Fsp3) is 0.654. The Balaban J connectivity index is 1.54. The highest BCUT2D eigenvalue weighted by atomic mass is 32.1. The largest absolute Gasteiger partial charge is 0.338 e. The molecule has 0 amide bonds. The van der Waals surface area contributed by atoms with Gasteiger partial charge in [0.05, 0.1) is 11.2 Å². The topological polar surface area (TPSA) is 35.5 Å². The molecule has 5 nitrogen and oxygen atoms in total. The van der Waals surface area contributed by atoms with Crippen molar-refractivity contribution in [1.82, 2.24) is 19.8 Å². The smallest absolute Gasteiger partial charge is 0.226 e. The molecule has 0 bridgehead atoms. The van der Waals surface area contributed by atoms with Crippen LogP contribution in [0.3, 0.4) is 0 Å². The Kier molecular flexibility index (Phi) is 9.82. The van der Waals surface area contributed by atoms with Gasteiger partial charge in [-0.1, -0.05) is 32.1 Å². The number of benzene rings is 1. The molecule has 0 aliphatic carbocycles. The maximum Gasteiger partial charge on any atom is 0.226 e. The maximum absolute atomic E-state index is 5.73. The number of nitrogens with zero attached hydrogens (tertiary/aromatic N) is 5. The predicted octanol–water partition coefficient (Wildman–Crippen LogP) is 4.89. The number of anilines is 1. The van der Waals surface area contributed by atoms with Crippen molar-refractivity contribution in [1.29, 1.82) is 0 Å². The van der Waals surface area contributed by atoms with Gasteiger partial charge in [0.1, 0.15) is 0 Å². The maximum atomic E-state index is 5.73. The number of likely N-dealkylation sites (N-methyl/N-ethyl adjacent to an activating group) is 1. The Labute approximate surface area is 200 Å². The quantitative estimate of drug-likeness (QED) is 0.335. The van der Waals surface area contributed by atoms with E-state index in [4.69, 9.17) is 22.2 Å². The minimum Gasteiger partial charge on any atom is -0.338 e. The highest BCUT2D eigenvalue weighted by Crippen LogP contribution is 2.22. The molecule has 0 saturated carbocycles. The summed E-state index contributed by atoms with van der Waals surface area (Å²) in [6.07, 6.45) is 6.81. The fourth-order valence-corrected chi connectivity index (χ4v) is 4.82. The third-order valence-corrected chi connectivity index (χ3v) is 6.73. The lowest BCUT2D eigenvalue weighted by Crippen LogP contribution is -2.45. The van der Waals surface area contributed by atoms with Crippen molar-refractivity contribution in [2.24, 2.45) is 0 Å². The minimum absolute atomic E-state index is 0.867. The van der Waals surface area contributed by atoms with Crippen LogP contribution in [0.15, 0.2) is 18.2 Å². The lowest BCUT2D eigenvalue weighted by atomic mass is 10.0. The van der Waals surface area contributed by atoms with E-state index in [1.54, 1.807) is 0 Å². The molecule has 1 aromatic carbocycles. The summed E-state index contributed by atoms with van der Waals surface area (Å²) in [6.45, 7) is 14.4. The average Bonchev–Trinajstić information content (AvgIpc) is 2.78. The van der Waals surface area contributed by atoms with E-state index in [9.17, 15) is 0 Å². The summed E-state index contributed by atoms with van der Waals surface area (Å²) in [6, 6.07) is 6.59. The lowest BCUT2D eigenvalue weighted by molar-refractivity contribution is 0.269. The molecule has 2 heterocycles. The Morgan fingerprint density at radius 1 is 1.00 bits per heavy atom. The number of unbranched alkanes of at least 4 members (excludes halogenated alkanes) is 1. The molecule has 1 aliphatic rings. The SMILES string of the molecule is CCCN(CCC)CCCCC(=S)Cc1ccc2nc(N3CCN(C)CC3)nc(C)c2c1. The van der Waals surface area contributed by atoms with Crippen molar-refractivity contribution in [3.63, 3.8) is 0 Å². The first kappa shape index (κ1) is 25.0. The summed E-state index contributed by atoms with van der Waals surface area (Å²) in [5, 5.41) is 1.15. The molecule has 0 spiro atoms. The molecule has 0 N–H and O–H groups in total. The van der Waals surface area contributed by atoms with Crippen LogP contribution in [0.2, 0.25) is 0 Å². The summed E-state index contributed by atoms with van der Waals surface area (Å²) in [5.41, 5.74) is 3.37. The van der Waals surface area contributed by atoms with Crippen molar-refractivity contribution >= 4 is 33.9 Å². The second-order valence-corrected chi connectivity index (χ2v) is 9.84. The van der Waals surface area contributed by atoms with Crippen molar-refractivity contribution in [2.75, 3.05) is 57.8 Å². The van der Waals surface area contributed by atoms with Gasteiger partial charge in [0.2, 0.25) is 5.95 Å². The predicted molar refractivity (Wildman–Crippen MR) is 141 cm³/mol. The van der Waals surface area contributed by atoms with Crippen LogP contribution in [0, 0.1) is 6.92 Å². The van der Waals surface area contributed by atoms with Gasteiger partial charge in [0.15, 0.2) is 0 Å². The Morgan fingerprint density at radius 2 is 1.72 bits per heavy atom. The van der Waals surface area contributed by atoms with Crippen LogP contribution in [0.5, 0.6) is 0 Å². The van der Waals surface area contributed by atoms with Crippen LogP contribution in [0.1, 0.15) is 57.2 Å². The van der Waals surface area contributed by atoms with E-state index >= 15 is 0 Å². The van der Waals surface area contributed by atoms with E-state index in [-0.39, 0.29) is 0 Å². The van der Waals surface area contributed by atoms with Crippen LogP contribution < -0.4 is 4.90 Å². The van der Waals surface area contributed by atoms with Gasteiger partial charge in [-0.05, 0) is 88.3 Å². The molecule has 1 aromatic heterocycles. The summed E-state index contributed by atoms with van der Waals surface area (Å²) >= 11 is 5.73. The normalized spacial score (nSPS) is 15.1. The Hall–Kier alpha value is -1.63. The standard InChI is InChI=1S/C26H41N5S/c1-5-12-30(13-6-2)14-8-7-9-23(32)19-22-10-11-25-24(20-22)21(3)27-26(28-25)31-17-15-29(4)16-18-31/h10-11,20H,5-9,12-19H2,1-4H3. The molecular formula is C26H41N5S. The minimum atomic E-state index is 0.867. The second-order valence-electron chi connectivity index (χ2n) is 9.27. The molecular weight excluding hydrogens is 414 g/mol. The molecule has 0 radical (unpaired) electrons. The number of hydrogen-bond donors (Lipinski definition) is 0. The second kappa shape index (κ2) is 12.6. The summed E-state index contributed by atoms with van der Waals surface area (Å²) in [4.78, 5) is 18.1. The van der Waals surface area contributed by atoms with Gasteiger partial charge in [-0.15, -0.1) is 0 Å². The van der Waals surface area contributed by atoms with Gasteiger partial charge in [0, 0.05) is 38.0 Å². The van der Waals surface area contributed by atoms with Crippen LogP contribution in [-0.4, -0.2) is 77.5 Å². The molecule has 32 heavy (non-hydrogen) atoms. The molecule has 0 unspecified atom stereocenters. The van der Waals surface area contributed by atoms with E-state index in [0.29, 0.717) is 0 Å². The van der Waals surface area contributed by atoms with Crippen LogP contribution in [0.4, 0.5) is 5.95 Å². The van der Waals surface area contributed by atoms with Crippen LogP contribution >= 0.6 is 12.2 Å². The number of fused-ring (bicyclic) bond motifs is 1. The van der Waals surface area contributed by atoms with Gasteiger partial charge < -0.3 is 14.7 Å². The number of aromatic nitrogens is 2. The van der Waals surface area contributed by atoms with Crippen molar-refractivity contribution in [3.05, 3.63) is 29.5 Å². The van der Waals surface area contributed by atoms with E-state index in [1.165, 1.54) is 50.9 Å². The molecule has 1 aliphatic heterocycles. The summed E-state index contributed by atoms with van der Waals surface area (Å²) < 4.78 is 0. The number of rotatable bonds is 12. The zero-order valence-electron chi connectivity index (χ0n) is 20.6. The molecule has 1 saturated heterocycles. The zero-order valence-corrected chi connectivity index (χ0v) is 21.4. The number of piperazine rings is 1. The van der Waals surface area contributed by atoms with E-state index in [1.807, 2.05) is 0 Å². The zero-order chi connectivity index (χ0) is 22.9. The number of aryl methyl sites for hydroxylation is 1. The summed E-state index contributed by atoms with van der Waals surface area (Å²) in [5.74, 6) is 0.867. The van der Waals surface area contributed by atoms with Crippen LogP contribution in [0.25, 0.3) is 10.9 Å². The van der Waals surface area contributed by atoms with Gasteiger partial charge in [-0.2, -0.15) is 0 Å². The Bertz CT molecular complexity index is 870. The first-order valence-electron chi connectivity index (χ1n) is 12.4. The third-order valence-electron chi connectivity index (χ3n) is 6.39. The molecule has 3 rings (SSSR count). The van der Waals surface area contributed by atoms with Gasteiger partial charge in [-0.25, -0.2) is 9.97 Å². The van der Waals surface area contributed by atoms with E-state index in [0.717, 1.165) is 66.4 Å². The monoisotopic (exact) mass is 455 g/mol. The van der Waals surface area contributed by atoms with Crippen molar-refractivity contribution in [2.45, 2.75) is 59.3 Å². The molecule has 1 fully saturated rings.